The summed E-state index contributed by atoms with van der Waals surface area (Å²) < 4.78 is 5.88. The summed E-state index contributed by atoms with van der Waals surface area (Å²) in [7, 11) is 0. The van der Waals surface area contributed by atoms with Crippen molar-refractivity contribution in [3.05, 3.63) is 28.2 Å². The summed E-state index contributed by atoms with van der Waals surface area (Å²) in [6.07, 6.45) is 3.04. The Kier molecular flexibility index (Phi) is 6.33. The van der Waals surface area contributed by atoms with Crippen molar-refractivity contribution in [2.45, 2.75) is 43.9 Å². The summed E-state index contributed by atoms with van der Waals surface area (Å²) in [5, 5.41) is 23.9. The van der Waals surface area contributed by atoms with Gasteiger partial charge in [0.15, 0.2) is 0 Å². The lowest BCUT2D eigenvalue weighted by atomic mass is 9.99. The van der Waals surface area contributed by atoms with E-state index in [4.69, 9.17) is 4.74 Å². The van der Waals surface area contributed by atoms with Gasteiger partial charge >= 0.3 is 0 Å². The monoisotopic (exact) mass is 412 g/mol. The fraction of sp³-hybridized carbons (Fsp3) is 0.611. The van der Waals surface area contributed by atoms with Gasteiger partial charge in [-0.1, -0.05) is 18.9 Å². The van der Waals surface area contributed by atoms with Crippen LogP contribution in [0.4, 0.5) is 0 Å². The molecule has 1 amide bonds. The number of phenolic OH excluding ortho intramolecular Hbond substituents is 1. The van der Waals surface area contributed by atoms with Crippen molar-refractivity contribution in [1.82, 2.24) is 10.2 Å². The van der Waals surface area contributed by atoms with Crippen LogP contribution in [0.3, 0.4) is 0 Å². The van der Waals surface area contributed by atoms with Crippen LogP contribution < -0.4 is 5.32 Å². The van der Waals surface area contributed by atoms with E-state index >= 15 is 0 Å². The zero-order valence-corrected chi connectivity index (χ0v) is 15.7. The minimum absolute atomic E-state index is 0.0350. The quantitative estimate of drug-likeness (QED) is 0.660. The van der Waals surface area contributed by atoms with Gasteiger partial charge in [-0.05, 0) is 40.9 Å². The Morgan fingerprint density at radius 1 is 1.24 bits per heavy atom. The Morgan fingerprint density at radius 2 is 1.96 bits per heavy atom. The zero-order chi connectivity index (χ0) is 17.8. The molecule has 6 nitrogen and oxygen atoms in total. The van der Waals surface area contributed by atoms with Gasteiger partial charge < -0.3 is 20.3 Å². The molecule has 25 heavy (non-hydrogen) atoms. The fourth-order valence-corrected chi connectivity index (χ4v) is 4.10. The van der Waals surface area contributed by atoms with E-state index < -0.39 is 6.10 Å². The Hall–Kier alpha value is -1.15. The lowest BCUT2D eigenvalue weighted by Crippen LogP contribution is -2.55. The molecule has 1 aliphatic carbocycles. The number of aromatic hydroxyl groups is 1. The van der Waals surface area contributed by atoms with Crippen LogP contribution in [-0.4, -0.2) is 65.5 Å². The number of carbonyl (C=O) groups excluding carboxylic acids is 1. The molecule has 2 aliphatic rings. The first kappa shape index (κ1) is 18.6. The van der Waals surface area contributed by atoms with Gasteiger partial charge in [0.2, 0.25) is 0 Å². The van der Waals surface area contributed by atoms with Crippen molar-refractivity contribution in [2.24, 2.45) is 0 Å². The van der Waals surface area contributed by atoms with Crippen molar-refractivity contribution in [3.8, 4) is 5.75 Å². The second-order valence-corrected chi connectivity index (χ2v) is 7.56. The number of rotatable bonds is 3. The Bertz CT molecular complexity index is 607. The van der Waals surface area contributed by atoms with Gasteiger partial charge in [0.05, 0.1) is 35.4 Å². The van der Waals surface area contributed by atoms with Crippen LogP contribution in [0.15, 0.2) is 22.7 Å². The summed E-state index contributed by atoms with van der Waals surface area (Å²) in [6.45, 7) is 3.00. The van der Waals surface area contributed by atoms with Crippen LogP contribution in [0.1, 0.15) is 36.0 Å². The number of amides is 1. The van der Waals surface area contributed by atoms with Gasteiger partial charge in [-0.15, -0.1) is 0 Å². The first-order chi connectivity index (χ1) is 12.1. The summed E-state index contributed by atoms with van der Waals surface area (Å²) in [4.78, 5) is 14.9. The van der Waals surface area contributed by atoms with E-state index in [2.05, 4.69) is 26.1 Å². The smallest absolute Gasteiger partial charge is 0.255 e. The molecule has 1 saturated heterocycles. The number of halogens is 1. The Balaban J connectivity index is 1.71. The number of ether oxygens (including phenoxy) is 1. The fourth-order valence-electron chi connectivity index (χ4n) is 3.74. The normalized spacial score (nSPS) is 28.3. The molecule has 7 heteroatoms. The summed E-state index contributed by atoms with van der Waals surface area (Å²) in [5.41, 5.74) is 0.216. The van der Waals surface area contributed by atoms with Gasteiger partial charge in [-0.25, -0.2) is 0 Å². The number of para-hydroxylation sites is 1. The highest BCUT2D eigenvalue weighted by molar-refractivity contribution is 9.10. The first-order valence-electron chi connectivity index (χ1n) is 8.86. The molecular weight excluding hydrogens is 388 g/mol. The molecule has 3 atom stereocenters. The largest absolute Gasteiger partial charge is 0.506 e. The number of phenols is 1. The standard InChI is InChI=1S/C18H25BrN2O4/c19-13-5-3-4-12(16(13)22)18(24)20-14-6-1-2-7-15(17(14)23)21-8-10-25-11-9-21/h3-5,14-15,17,22-23H,1-2,6-11H2,(H,20,24)/t14-,15-,17-/m1/s1. The highest BCUT2D eigenvalue weighted by Gasteiger charge is 2.35. The SMILES string of the molecule is O=C(N[C@@H]1CCCC[C@@H](N2CCOCC2)[C@@H]1O)c1cccc(Br)c1O. The molecule has 0 bridgehead atoms. The molecule has 138 valence electrons. The van der Waals surface area contributed by atoms with Crippen LogP contribution >= 0.6 is 15.9 Å². The molecule has 0 spiro atoms. The minimum atomic E-state index is -0.626. The number of aliphatic hydroxyl groups excluding tert-OH is 1. The Labute approximate surface area is 156 Å². The van der Waals surface area contributed by atoms with Crippen molar-refractivity contribution < 1.29 is 19.7 Å². The third-order valence-electron chi connectivity index (χ3n) is 5.13. The van der Waals surface area contributed by atoms with E-state index in [0.29, 0.717) is 17.7 Å². The van der Waals surface area contributed by atoms with Gasteiger partial charge in [-0.2, -0.15) is 0 Å². The molecule has 0 radical (unpaired) electrons. The number of benzene rings is 1. The van der Waals surface area contributed by atoms with Crippen LogP contribution in [0.2, 0.25) is 0 Å². The molecule has 1 heterocycles. The predicted octanol–water partition coefficient (Wildman–Crippen LogP) is 1.89. The third-order valence-corrected chi connectivity index (χ3v) is 5.77. The van der Waals surface area contributed by atoms with Crippen molar-refractivity contribution >= 4 is 21.8 Å². The molecule has 1 saturated carbocycles. The molecule has 0 aromatic heterocycles. The topological polar surface area (TPSA) is 82.0 Å². The average molecular weight is 413 g/mol. The molecule has 1 aromatic carbocycles. The van der Waals surface area contributed by atoms with E-state index in [-0.39, 0.29) is 29.3 Å². The van der Waals surface area contributed by atoms with Gasteiger partial charge in [0, 0.05) is 19.1 Å². The van der Waals surface area contributed by atoms with Crippen molar-refractivity contribution in [2.75, 3.05) is 26.3 Å². The predicted molar refractivity (Wildman–Crippen MR) is 97.7 cm³/mol. The Morgan fingerprint density at radius 3 is 2.72 bits per heavy atom. The van der Waals surface area contributed by atoms with Crippen molar-refractivity contribution in [1.29, 1.82) is 0 Å². The number of nitrogens with one attached hydrogen (secondary N) is 1. The molecule has 3 rings (SSSR count). The van der Waals surface area contributed by atoms with Crippen LogP contribution in [0, 0.1) is 0 Å². The molecule has 0 unspecified atom stereocenters. The highest BCUT2D eigenvalue weighted by Crippen LogP contribution is 2.28. The number of carbonyl (C=O) groups is 1. The first-order valence-corrected chi connectivity index (χ1v) is 9.65. The summed E-state index contributed by atoms with van der Waals surface area (Å²) in [6, 6.07) is 4.69. The van der Waals surface area contributed by atoms with Crippen LogP contribution in [0.5, 0.6) is 5.75 Å². The van der Waals surface area contributed by atoms with Gasteiger partial charge in [0.25, 0.3) is 5.91 Å². The lowest BCUT2D eigenvalue weighted by molar-refractivity contribution is -0.0308. The van der Waals surface area contributed by atoms with Crippen molar-refractivity contribution in [3.63, 3.8) is 0 Å². The zero-order valence-electron chi connectivity index (χ0n) is 14.2. The average Bonchev–Trinajstić information content (AvgIpc) is 2.80. The van der Waals surface area contributed by atoms with E-state index in [1.807, 2.05) is 0 Å². The second kappa shape index (κ2) is 8.49. The molecule has 2 fully saturated rings. The van der Waals surface area contributed by atoms with E-state index in [9.17, 15) is 15.0 Å². The molecule has 1 aliphatic heterocycles. The van der Waals surface area contributed by atoms with E-state index in [0.717, 1.165) is 38.8 Å². The van der Waals surface area contributed by atoms with E-state index in [1.165, 1.54) is 0 Å². The van der Waals surface area contributed by atoms with Gasteiger partial charge in [0.1, 0.15) is 5.75 Å². The van der Waals surface area contributed by atoms with Gasteiger partial charge in [-0.3, -0.25) is 9.69 Å². The van der Waals surface area contributed by atoms with Crippen LogP contribution in [-0.2, 0) is 4.74 Å². The lowest BCUT2D eigenvalue weighted by Gasteiger charge is -2.38. The van der Waals surface area contributed by atoms with Crippen LogP contribution in [0.25, 0.3) is 0 Å². The molecule has 1 aromatic rings. The minimum Gasteiger partial charge on any atom is -0.506 e. The molecular formula is C18H25BrN2O4. The number of morpholine rings is 1. The summed E-state index contributed by atoms with van der Waals surface area (Å²) in [5.74, 6) is -0.432. The number of aliphatic hydroxyl groups is 1. The number of hydrogen-bond donors (Lipinski definition) is 3. The number of nitrogens with zero attached hydrogens (tertiary/aromatic N) is 1. The maximum Gasteiger partial charge on any atom is 0.255 e. The van der Waals surface area contributed by atoms with E-state index in [1.54, 1.807) is 18.2 Å². The molecule has 3 N–H and O–H groups in total. The number of hydrogen-bond acceptors (Lipinski definition) is 5. The maximum atomic E-state index is 12.6. The third kappa shape index (κ3) is 4.34. The maximum absolute atomic E-state index is 12.6. The summed E-state index contributed by atoms with van der Waals surface area (Å²) >= 11 is 3.23. The highest BCUT2D eigenvalue weighted by atomic mass is 79.9. The second-order valence-electron chi connectivity index (χ2n) is 6.71.